The Morgan fingerprint density at radius 3 is 2.68 bits per heavy atom. The average Bonchev–Trinajstić information content (AvgIpc) is 3.79. The molecule has 5 heterocycles. The van der Waals surface area contributed by atoms with Gasteiger partial charge in [0.2, 0.25) is 5.91 Å². The number of carbonyl (C=O) groups excluding carboxylic acids is 1. The SMILES string of the molecule is C#Cc1c(F)ccc2cc(C#N)cc(-c3ncc4c(N(C)C[C@H]5N(C(=O)C=C)CCC5(C)O)nc(OCC56CCCN5CCC6)nc4c3F)c12. The highest BCUT2D eigenvalue weighted by atomic mass is 19.1. The molecule has 0 radical (unpaired) electrons. The van der Waals surface area contributed by atoms with Crippen LogP contribution in [-0.2, 0) is 4.79 Å². The lowest BCUT2D eigenvalue weighted by Crippen LogP contribution is -2.51. The fourth-order valence-electron chi connectivity index (χ4n) is 8.09. The summed E-state index contributed by atoms with van der Waals surface area (Å²) in [5.41, 5.74) is -1.31. The average molecular weight is 678 g/mol. The number of hydrogen-bond acceptors (Lipinski definition) is 9. The van der Waals surface area contributed by atoms with Crippen molar-refractivity contribution in [2.45, 2.75) is 56.2 Å². The maximum Gasteiger partial charge on any atom is 0.319 e. The van der Waals surface area contributed by atoms with Gasteiger partial charge in [0.05, 0.1) is 39.8 Å². The Morgan fingerprint density at radius 2 is 1.98 bits per heavy atom. The summed E-state index contributed by atoms with van der Waals surface area (Å²) in [5.74, 6) is 0.870. The molecule has 0 bridgehead atoms. The number of carbonyl (C=O) groups is 1. The molecule has 3 aliphatic heterocycles. The molecular weight excluding hydrogens is 640 g/mol. The second-order valence-electron chi connectivity index (χ2n) is 13.8. The van der Waals surface area contributed by atoms with Crippen LogP contribution < -0.4 is 9.64 Å². The van der Waals surface area contributed by atoms with E-state index in [2.05, 4.69) is 33.4 Å². The van der Waals surface area contributed by atoms with Crippen molar-refractivity contribution in [3.8, 4) is 35.7 Å². The highest BCUT2D eigenvalue weighted by Crippen LogP contribution is 2.41. The minimum absolute atomic E-state index is 0.0354. The number of rotatable bonds is 8. The third-order valence-electron chi connectivity index (χ3n) is 10.7. The summed E-state index contributed by atoms with van der Waals surface area (Å²) in [6.45, 7) is 8.13. The van der Waals surface area contributed by atoms with Gasteiger partial charge in [-0.3, -0.25) is 14.7 Å². The molecule has 0 spiro atoms. The molecule has 2 atom stereocenters. The van der Waals surface area contributed by atoms with E-state index in [1.807, 2.05) is 0 Å². The first kappa shape index (κ1) is 33.3. The molecule has 0 saturated carbocycles. The molecule has 3 fully saturated rings. The summed E-state index contributed by atoms with van der Waals surface area (Å²) in [7, 11) is 1.74. The molecule has 2 aromatic heterocycles. The molecule has 4 aromatic rings. The molecule has 256 valence electrons. The topological polar surface area (TPSA) is 119 Å². The van der Waals surface area contributed by atoms with Crippen LogP contribution in [0.4, 0.5) is 14.6 Å². The number of nitrogens with zero attached hydrogens (tertiary/aromatic N) is 7. The van der Waals surface area contributed by atoms with Crippen molar-refractivity contribution in [2.75, 3.05) is 44.7 Å². The number of aromatic nitrogens is 3. The smallest absolute Gasteiger partial charge is 0.319 e. The molecular formula is C38H37F2N7O3. The number of benzene rings is 2. The normalized spacial score (nSPS) is 21.3. The predicted molar refractivity (Wildman–Crippen MR) is 185 cm³/mol. The molecule has 1 N–H and O–H groups in total. The maximum atomic E-state index is 17.0. The third kappa shape index (κ3) is 5.49. The van der Waals surface area contributed by atoms with Gasteiger partial charge in [-0.25, -0.2) is 8.78 Å². The summed E-state index contributed by atoms with van der Waals surface area (Å²) in [5, 5.41) is 22.0. The van der Waals surface area contributed by atoms with Gasteiger partial charge >= 0.3 is 6.01 Å². The lowest BCUT2D eigenvalue weighted by atomic mass is 9.94. The van der Waals surface area contributed by atoms with Crippen LogP contribution in [0.25, 0.3) is 32.9 Å². The standard InChI is InChI=1S/C38H37F2N7O3/c1-5-25-28(39)10-9-24-17-23(19-41)18-26(31(24)25)33-32(40)34-27(20-42-33)35(45(4)21-29-37(3,49)13-16-47(29)30(48)6-2)44-36(43-34)50-22-38-11-7-14-46(38)15-8-12-38/h1,6,9-10,17-18,20,29,49H,2,7-8,11-16,21-22H2,3-4H3/t29-,37?/m1/s1. The molecule has 10 nitrogen and oxygen atoms in total. The second-order valence-corrected chi connectivity index (χ2v) is 13.8. The van der Waals surface area contributed by atoms with Crippen molar-refractivity contribution in [3.05, 3.63) is 65.9 Å². The minimum atomic E-state index is -1.20. The highest BCUT2D eigenvalue weighted by Gasteiger charge is 2.46. The number of aliphatic hydroxyl groups is 1. The monoisotopic (exact) mass is 677 g/mol. The third-order valence-corrected chi connectivity index (χ3v) is 10.7. The Labute approximate surface area is 289 Å². The second kappa shape index (κ2) is 12.6. The summed E-state index contributed by atoms with van der Waals surface area (Å²) in [6.07, 6.45) is 12.8. The zero-order valence-electron chi connectivity index (χ0n) is 28.0. The van der Waals surface area contributed by atoms with Crippen molar-refractivity contribution < 1.29 is 23.4 Å². The number of hydrogen-bond donors (Lipinski definition) is 1. The quantitative estimate of drug-likeness (QED) is 0.204. The zero-order chi connectivity index (χ0) is 35.4. The van der Waals surface area contributed by atoms with Crippen LogP contribution in [0.2, 0.25) is 0 Å². The van der Waals surface area contributed by atoms with Crippen molar-refractivity contribution in [1.29, 1.82) is 5.26 Å². The summed E-state index contributed by atoms with van der Waals surface area (Å²) in [4.78, 5) is 32.3. The molecule has 0 aliphatic carbocycles. The maximum absolute atomic E-state index is 17.0. The molecule has 12 heteroatoms. The number of terminal acetylenes is 1. The van der Waals surface area contributed by atoms with Crippen LogP contribution in [0.15, 0.2) is 43.1 Å². The van der Waals surface area contributed by atoms with Crippen LogP contribution >= 0.6 is 0 Å². The van der Waals surface area contributed by atoms with Crippen molar-refractivity contribution in [3.63, 3.8) is 0 Å². The first-order chi connectivity index (χ1) is 24.0. The molecule has 3 aliphatic rings. The van der Waals surface area contributed by atoms with Gasteiger partial charge in [-0.05, 0) is 81.8 Å². The van der Waals surface area contributed by atoms with Gasteiger partial charge < -0.3 is 19.6 Å². The van der Waals surface area contributed by atoms with Crippen LogP contribution in [-0.4, -0.2) is 92.8 Å². The summed E-state index contributed by atoms with van der Waals surface area (Å²) >= 11 is 0. The number of amides is 1. The van der Waals surface area contributed by atoms with Gasteiger partial charge in [-0.2, -0.15) is 15.2 Å². The summed E-state index contributed by atoms with van der Waals surface area (Å²) < 4.78 is 38.3. The Kier molecular flexibility index (Phi) is 8.41. The number of likely N-dealkylation sites (N-methyl/N-ethyl adjacent to an activating group) is 1. The van der Waals surface area contributed by atoms with Gasteiger partial charge in [0.15, 0.2) is 5.82 Å². The van der Waals surface area contributed by atoms with Crippen LogP contribution in [0.3, 0.4) is 0 Å². The predicted octanol–water partition coefficient (Wildman–Crippen LogP) is 4.96. The van der Waals surface area contributed by atoms with E-state index in [9.17, 15) is 19.6 Å². The molecule has 3 saturated heterocycles. The van der Waals surface area contributed by atoms with E-state index in [4.69, 9.17) is 16.1 Å². The lowest BCUT2D eigenvalue weighted by Gasteiger charge is -2.35. The van der Waals surface area contributed by atoms with Crippen LogP contribution in [0.5, 0.6) is 6.01 Å². The van der Waals surface area contributed by atoms with E-state index in [1.165, 1.54) is 30.5 Å². The molecule has 7 rings (SSSR count). The Hall–Kier alpha value is -5.17. The van der Waals surface area contributed by atoms with Gasteiger partial charge in [0.1, 0.15) is 29.5 Å². The minimum Gasteiger partial charge on any atom is -0.461 e. The molecule has 50 heavy (non-hydrogen) atoms. The van der Waals surface area contributed by atoms with E-state index >= 15 is 4.39 Å². The summed E-state index contributed by atoms with van der Waals surface area (Å²) in [6, 6.07) is 7.13. The first-order valence-corrected chi connectivity index (χ1v) is 16.7. The fourth-order valence-corrected chi connectivity index (χ4v) is 8.09. The number of pyridine rings is 1. The van der Waals surface area contributed by atoms with Gasteiger partial charge in [-0.15, -0.1) is 6.42 Å². The number of nitriles is 1. The number of likely N-dealkylation sites (tertiary alicyclic amines) is 1. The van der Waals surface area contributed by atoms with Gasteiger partial charge in [0.25, 0.3) is 0 Å². The van der Waals surface area contributed by atoms with E-state index in [-0.39, 0.29) is 68.5 Å². The van der Waals surface area contributed by atoms with Gasteiger partial charge in [-0.1, -0.05) is 18.6 Å². The first-order valence-electron chi connectivity index (χ1n) is 16.7. The van der Waals surface area contributed by atoms with Crippen molar-refractivity contribution in [2.24, 2.45) is 0 Å². The highest BCUT2D eigenvalue weighted by molar-refractivity contribution is 6.03. The Bertz CT molecular complexity index is 2130. The Balaban J connectivity index is 1.38. The Morgan fingerprint density at radius 1 is 1.22 bits per heavy atom. The number of halogens is 2. The molecule has 2 aromatic carbocycles. The fraction of sp³-hybridized carbons (Fsp3) is 0.395. The molecule has 1 amide bonds. The van der Waals surface area contributed by atoms with E-state index in [0.717, 1.165) is 38.8 Å². The van der Waals surface area contributed by atoms with Crippen LogP contribution in [0, 0.1) is 35.3 Å². The van der Waals surface area contributed by atoms with E-state index < -0.39 is 23.3 Å². The largest absolute Gasteiger partial charge is 0.461 e. The van der Waals surface area contributed by atoms with E-state index in [1.54, 1.807) is 29.8 Å². The lowest BCUT2D eigenvalue weighted by molar-refractivity contribution is -0.128. The number of anilines is 1. The number of ether oxygens (including phenoxy) is 1. The number of fused-ring (bicyclic) bond motifs is 3. The van der Waals surface area contributed by atoms with Crippen molar-refractivity contribution in [1.82, 2.24) is 24.8 Å². The van der Waals surface area contributed by atoms with Crippen molar-refractivity contribution >= 4 is 33.4 Å². The zero-order valence-corrected chi connectivity index (χ0v) is 28.0. The van der Waals surface area contributed by atoms with Gasteiger partial charge in [0, 0.05) is 37.3 Å². The van der Waals surface area contributed by atoms with Crippen LogP contribution in [0.1, 0.15) is 50.2 Å². The van der Waals surface area contributed by atoms with E-state index in [0.29, 0.717) is 25.0 Å². The molecule has 1 unspecified atom stereocenters.